The highest BCUT2D eigenvalue weighted by Gasteiger charge is 2.14. The second-order valence-electron chi connectivity index (χ2n) is 5.64. The molecule has 1 rings (SSSR count). The van der Waals surface area contributed by atoms with Crippen LogP contribution in [0.1, 0.15) is 33.3 Å². The molecule has 1 unspecified atom stereocenters. The first kappa shape index (κ1) is 14.8. The Kier molecular flexibility index (Phi) is 5.30. The number of halogens is 2. The maximum atomic E-state index is 6.16. The van der Waals surface area contributed by atoms with E-state index in [1.165, 1.54) is 0 Å². The number of benzene rings is 1. The van der Waals surface area contributed by atoms with Gasteiger partial charge >= 0.3 is 0 Å². The first-order valence-electron chi connectivity index (χ1n) is 5.97. The molecule has 0 aromatic heterocycles. The van der Waals surface area contributed by atoms with Crippen molar-refractivity contribution in [2.24, 2.45) is 5.92 Å². The molecule has 0 bridgehead atoms. The van der Waals surface area contributed by atoms with Crippen molar-refractivity contribution in [1.82, 2.24) is 5.32 Å². The first-order chi connectivity index (χ1) is 7.79. The van der Waals surface area contributed by atoms with E-state index < -0.39 is 0 Å². The molecule has 0 spiro atoms. The van der Waals surface area contributed by atoms with Crippen molar-refractivity contribution in [3.63, 3.8) is 0 Å². The summed E-state index contributed by atoms with van der Waals surface area (Å²) in [6.45, 7) is 9.68. The molecule has 0 radical (unpaired) electrons. The average molecular weight is 274 g/mol. The third kappa shape index (κ3) is 5.29. The summed E-state index contributed by atoms with van der Waals surface area (Å²) in [5.74, 6) is 0.506. The van der Waals surface area contributed by atoms with E-state index >= 15 is 0 Å². The van der Waals surface area contributed by atoms with Crippen LogP contribution in [0.15, 0.2) is 18.2 Å². The minimum Gasteiger partial charge on any atom is -0.312 e. The van der Waals surface area contributed by atoms with Gasteiger partial charge in [0.1, 0.15) is 0 Å². The van der Waals surface area contributed by atoms with Gasteiger partial charge in [0.2, 0.25) is 0 Å². The molecule has 1 N–H and O–H groups in total. The van der Waals surface area contributed by atoms with E-state index in [1.54, 1.807) is 0 Å². The SMILES string of the molecule is CC(CNC(C)(C)C)Cc1c(Cl)cccc1Cl. The molecule has 1 nitrogen and oxygen atoms in total. The smallest absolute Gasteiger partial charge is 0.0452 e. The van der Waals surface area contributed by atoms with Crippen molar-refractivity contribution in [1.29, 1.82) is 0 Å². The molecule has 0 aliphatic carbocycles. The molecular weight excluding hydrogens is 253 g/mol. The topological polar surface area (TPSA) is 12.0 Å². The van der Waals surface area contributed by atoms with Crippen molar-refractivity contribution in [3.05, 3.63) is 33.8 Å². The Balaban J connectivity index is 2.59. The molecular formula is C14H21Cl2N. The fourth-order valence-electron chi connectivity index (χ4n) is 1.63. The number of nitrogens with one attached hydrogen (secondary N) is 1. The Hall–Kier alpha value is -0.240. The van der Waals surface area contributed by atoms with Crippen molar-refractivity contribution in [3.8, 4) is 0 Å². The Morgan fingerprint density at radius 3 is 2.18 bits per heavy atom. The first-order valence-corrected chi connectivity index (χ1v) is 6.73. The Labute approximate surface area is 115 Å². The third-order valence-electron chi connectivity index (χ3n) is 2.60. The fraction of sp³-hybridized carbons (Fsp3) is 0.571. The molecule has 1 atom stereocenters. The highest BCUT2D eigenvalue weighted by atomic mass is 35.5. The summed E-state index contributed by atoms with van der Waals surface area (Å²) < 4.78 is 0. The van der Waals surface area contributed by atoms with Crippen LogP contribution in [-0.2, 0) is 6.42 Å². The lowest BCUT2D eigenvalue weighted by Gasteiger charge is -2.23. The zero-order valence-corrected chi connectivity index (χ0v) is 12.5. The predicted molar refractivity (Wildman–Crippen MR) is 77.1 cm³/mol. The summed E-state index contributed by atoms with van der Waals surface area (Å²) in [5.41, 5.74) is 1.21. The molecule has 17 heavy (non-hydrogen) atoms. The number of hydrogen-bond acceptors (Lipinski definition) is 1. The minimum absolute atomic E-state index is 0.151. The molecule has 0 amide bonds. The molecule has 1 aromatic rings. The van der Waals surface area contributed by atoms with Crippen molar-refractivity contribution >= 4 is 23.2 Å². The number of hydrogen-bond donors (Lipinski definition) is 1. The Morgan fingerprint density at radius 2 is 1.71 bits per heavy atom. The second kappa shape index (κ2) is 6.08. The van der Waals surface area contributed by atoms with Gasteiger partial charge in [-0.3, -0.25) is 0 Å². The van der Waals surface area contributed by atoms with E-state index in [1.807, 2.05) is 18.2 Å². The highest BCUT2D eigenvalue weighted by molar-refractivity contribution is 6.35. The van der Waals surface area contributed by atoms with Gasteiger partial charge in [0, 0.05) is 15.6 Å². The van der Waals surface area contributed by atoms with Gasteiger partial charge in [0.25, 0.3) is 0 Å². The van der Waals surface area contributed by atoms with Crippen LogP contribution in [0.5, 0.6) is 0 Å². The van der Waals surface area contributed by atoms with Crippen LogP contribution in [0, 0.1) is 5.92 Å². The molecule has 96 valence electrons. The van der Waals surface area contributed by atoms with Gasteiger partial charge in [-0.1, -0.05) is 36.2 Å². The monoisotopic (exact) mass is 273 g/mol. The summed E-state index contributed by atoms with van der Waals surface area (Å²) in [7, 11) is 0. The maximum Gasteiger partial charge on any atom is 0.0452 e. The zero-order chi connectivity index (χ0) is 13.1. The van der Waals surface area contributed by atoms with Crippen LogP contribution in [0.25, 0.3) is 0 Å². The van der Waals surface area contributed by atoms with Crippen LogP contribution in [0.4, 0.5) is 0 Å². The lowest BCUT2D eigenvalue weighted by atomic mass is 9.99. The fourth-order valence-corrected chi connectivity index (χ4v) is 2.18. The molecule has 0 aliphatic heterocycles. The molecule has 0 saturated heterocycles. The van der Waals surface area contributed by atoms with Gasteiger partial charge in [-0.2, -0.15) is 0 Å². The van der Waals surface area contributed by atoms with Crippen LogP contribution in [0.2, 0.25) is 10.0 Å². The van der Waals surface area contributed by atoms with Crippen LogP contribution >= 0.6 is 23.2 Å². The summed E-state index contributed by atoms with van der Waals surface area (Å²) in [6, 6.07) is 5.67. The number of rotatable bonds is 4. The van der Waals surface area contributed by atoms with Gasteiger partial charge in [0.05, 0.1) is 0 Å². The van der Waals surface area contributed by atoms with Gasteiger partial charge in [-0.25, -0.2) is 0 Å². The minimum atomic E-state index is 0.151. The Morgan fingerprint density at radius 1 is 1.18 bits per heavy atom. The summed E-state index contributed by atoms with van der Waals surface area (Å²) >= 11 is 12.3. The summed E-state index contributed by atoms with van der Waals surface area (Å²) in [4.78, 5) is 0. The van der Waals surface area contributed by atoms with Crippen LogP contribution < -0.4 is 5.32 Å². The van der Waals surface area contributed by atoms with Crippen molar-refractivity contribution < 1.29 is 0 Å². The summed E-state index contributed by atoms with van der Waals surface area (Å²) in [6.07, 6.45) is 0.904. The van der Waals surface area contributed by atoms with Gasteiger partial charge < -0.3 is 5.32 Å². The molecule has 0 aliphatic rings. The Bertz CT molecular complexity index is 349. The molecule has 0 saturated carbocycles. The van der Waals surface area contributed by atoms with E-state index in [0.717, 1.165) is 28.6 Å². The highest BCUT2D eigenvalue weighted by Crippen LogP contribution is 2.26. The van der Waals surface area contributed by atoms with E-state index in [0.29, 0.717) is 5.92 Å². The molecule has 0 heterocycles. The van der Waals surface area contributed by atoms with Crippen molar-refractivity contribution in [2.75, 3.05) is 6.54 Å². The third-order valence-corrected chi connectivity index (χ3v) is 3.30. The lowest BCUT2D eigenvalue weighted by Crippen LogP contribution is -2.39. The molecule has 3 heteroatoms. The quantitative estimate of drug-likeness (QED) is 0.848. The van der Waals surface area contributed by atoms with Gasteiger partial charge in [-0.15, -0.1) is 0 Å². The zero-order valence-electron chi connectivity index (χ0n) is 11.0. The normalized spacial score (nSPS) is 13.8. The molecule has 0 fully saturated rings. The second-order valence-corrected chi connectivity index (χ2v) is 6.45. The predicted octanol–water partition coefficient (Wildman–Crippen LogP) is 4.56. The molecule has 1 aromatic carbocycles. The van der Waals surface area contributed by atoms with Crippen LogP contribution in [0.3, 0.4) is 0 Å². The average Bonchev–Trinajstić information content (AvgIpc) is 2.20. The largest absolute Gasteiger partial charge is 0.312 e. The van der Waals surface area contributed by atoms with E-state index in [2.05, 4.69) is 33.0 Å². The standard InChI is InChI=1S/C14H21Cl2N/c1-10(9-17-14(2,3)4)8-11-12(15)6-5-7-13(11)16/h5-7,10,17H,8-9H2,1-4H3. The van der Waals surface area contributed by atoms with Gasteiger partial charge in [-0.05, 0) is 57.4 Å². The van der Waals surface area contributed by atoms with E-state index in [4.69, 9.17) is 23.2 Å². The van der Waals surface area contributed by atoms with E-state index in [9.17, 15) is 0 Å². The van der Waals surface area contributed by atoms with E-state index in [-0.39, 0.29) is 5.54 Å². The van der Waals surface area contributed by atoms with Crippen LogP contribution in [-0.4, -0.2) is 12.1 Å². The van der Waals surface area contributed by atoms with Gasteiger partial charge in [0.15, 0.2) is 0 Å². The summed E-state index contributed by atoms with van der Waals surface area (Å²) in [5, 5.41) is 5.02. The maximum absolute atomic E-state index is 6.16. The lowest BCUT2D eigenvalue weighted by molar-refractivity contribution is 0.381. The van der Waals surface area contributed by atoms with Crippen molar-refractivity contribution in [2.45, 2.75) is 39.7 Å².